The van der Waals surface area contributed by atoms with Gasteiger partial charge in [0.05, 0.1) is 15.6 Å². The van der Waals surface area contributed by atoms with Crippen molar-refractivity contribution in [1.29, 1.82) is 0 Å². The van der Waals surface area contributed by atoms with E-state index in [1.807, 2.05) is 0 Å². The number of alkyl halides is 3. The van der Waals surface area contributed by atoms with Gasteiger partial charge >= 0.3 is 12.3 Å². The molecule has 0 aliphatic rings. The monoisotopic (exact) mass is 298 g/mol. The fourth-order valence-electron chi connectivity index (χ4n) is 1.47. The molecule has 96 valence electrons. The number of fused-ring (bicyclic) bond motifs is 1. The van der Waals surface area contributed by atoms with E-state index >= 15 is 0 Å². The second-order valence-corrected chi connectivity index (χ2v) is 4.07. The van der Waals surface area contributed by atoms with Gasteiger partial charge in [0.1, 0.15) is 5.52 Å². The smallest absolute Gasteiger partial charge is 0.450 e. The molecule has 0 unspecified atom stereocenters. The number of carboxylic acid groups (broad SMARTS) is 1. The first-order valence-corrected chi connectivity index (χ1v) is 5.16. The second kappa shape index (κ2) is 4.03. The number of rotatable bonds is 0. The van der Waals surface area contributed by atoms with Crippen LogP contribution in [0.2, 0.25) is 10.0 Å². The highest BCUT2D eigenvalue weighted by atomic mass is 35.5. The van der Waals surface area contributed by atoms with E-state index in [0.29, 0.717) is 0 Å². The third kappa shape index (κ3) is 1.89. The Morgan fingerprint density at radius 1 is 1.33 bits per heavy atom. The molecule has 18 heavy (non-hydrogen) atoms. The van der Waals surface area contributed by atoms with Crippen LogP contribution in [0.1, 0.15) is 5.82 Å². The zero-order valence-corrected chi connectivity index (χ0v) is 9.81. The van der Waals surface area contributed by atoms with Gasteiger partial charge in [-0.15, -0.1) is 0 Å². The summed E-state index contributed by atoms with van der Waals surface area (Å²) >= 11 is 11.3. The quantitative estimate of drug-likeness (QED) is 0.803. The number of benzene rings is 1. The largest absolute Gasteiger partial charge is 0.464 e. The molecule has 0 saturated heterocycles. The maximum Gasteiger partial charge on any atom is 0.450 e. The summed E-state index contributed by atoms with van der Waals surface area (Å²) in [5, 5.41) is 8.59. The Morgan fingerprint density at radius 2 is 1.94 bits per heavy atom. The molecular formula is C9H3Cl2F3N2O2. The molecule has 0 aliphatic carbocycles. The molecular weight excluding hydrogens is 296 g/mol. The Morgan fingerprint density at radius 3 is 2.44 bits per heavy atom. The van der Waals surface area contributed by atoms with Crippen molar-refractivity contribution in [3.8, 4) is 0 Å². The highest BCUT2D eigenvalue weighted by molar-refractivity contribution is 6.45. The molecule has 1 aromatic heterocycles. The van der Waals surface area contributed by atoms with Crippen LogP contribution in [0, 0.1) is 0 Å². The van der Waals surface area contributed by atoms with Gasteiger partial charge in [-0.05, 0) is 12.1 Å². The van der Waals surface area contributed by atoms with E-state index in [9.17, 15) is 18.0 Å². The zero-order chi connectivity index (χ0) is 13.7. The van der Waals surface area contributed by atoms with Crippen LogP contribution in [0.4, 0.5) is 18.0 Å². The van der Waals surface area contributed by atoms with Crippen molar-refractivity contribution in [3.63, 3.8) is 0 Å². The van der Waals surface area contributed by atoms with E-state index in [2.05, 4.69) is 4.98 Å². The SMILES string of the molecule is O=C(O)n1c(C(F)(F)F)nc2c(Cl)c(Cl)ccc21. The Labute approximate surface area is 108 Å². The van der Waals surface area contributed by atoms with Crippen molar-refractivity contribution >= 4 is 40.3 Å². The molecule has 2 aromatic rings. The van der Waals surface area contributed by atoms with E-state index in [4.69, 9.17) is 28.3 Å². The summed E-state index contributed by atoms with van der Waals surface area (Å²) in [5.41, 5.74) is -0.580. The predicted octanol–water partition coefficient (Wildman–Crippen LogP) is 3.89. The van der Waals surface area contributed by atoms with Crippen molar-refractivity contribution in [1.82, 2.24) is 9.55 Å². The first-order valence-electron chi connectivity index (χ1n) is 4.40. The van der Waals surface area contributed by atoms with Gasteiger partial charge in [-0.25, -0.2) is 14.3 Å². The number of hydrogen-bond acceptors (Lipinski definition) is 2. The molecule has 9 heteroatoms. The highest BCUT2D eigenvalue weighted by Crippen LogP contribution is 2.36. The van der Waals surface area contributed by atoms with E-state index < -0.39 is 18.1 Å². The van der Waals surface area contributed by atoms with Crippen LogP contribution in [0.3, 0.4) is 0 Å². The van der Waals surface area contributed by atoms with Crippen molar-refractivity contribution in [2.45, 2.75) is 6.18 Å². The lowest BCUT2D eigenvalue weighted by atomic mass is 10.3. The van der Waals surface area contributed by atoms with Gasteiger partial charge in [-0.2, -0.15) is 13.2 Å². The molecule has 0 atom stereocenters. The highest BCUT2D eigenvalue weighted by Gasteiger charge is 2.39. The summed E-state index contributed by atoms with van der Waals surface area (Å²) in [7, 11) is 0. The van der Waals surface area contributed by atoms with Crippen LogP contribution < -0.4 is 0 Å². The van der Waals surface area contributed by atoms with E-state index in [-0.39, 0.29) is 25.6 Å². The first kappa shape index (κ1) is 13.0. The molecule has 0 saturated carbocycles. The summed E-state index contributed by atoms with van der Waals surface area (Å²) in [6.45, 7) is 0. The molecule has 0 fully saturated rings. The summed E-state index contributed by atoms with van der Waals surface area (Å²) in [6, 6.07) is 2.31. The summed E-state index contributed by atoms with van der Waals surface area (Å²) in [6.07, 6.45) is -6.71. The van der Waals surface area contributed by atoms with Crippen molar-refractivity contribution < 1.29 is 23.1 Å². The molecule has 0 spiro atoms. The summed E-state index contributed by atoms with van der Waals surface area (Å²) in [5.74, 6) is -1.56. The molecule has 1 heterocycles. The summed E-state index contributed by atoms with van der Waals surface area (Å²) < 4.78 is 38.0. The number of halogens is 5. The molecule has 0 amide bonds. The fourth-order valence-corrected chi connectivity index (χ4v) is 1.82. The van der Waals surface area contributed by atoms with Crippen molar-refractivity contribution in [2.24, 2.45) is 0 Å². The number of nitrogens with zero attached hydrogens (tertiary/aromatic N) is 2. The van der Waals surface area contributed by atoms with Gasteiger partial charge in [0, 0.05) is 0 Å². The minimum absolute atomic E-state index is 0.00655. The number of carbonyl (C=O) groups is 1. The molecule has 4 nitrogen and oxygen atoms in total. The van der Waals surface area contributed by atoms with Gasteiger partial charge in [-0.3, -0.25) is 0 Å². The van der Waals surface area contributed by atoms with Gasteiger partial charge in [0.25, 0.3) is 0 Å². The fraction of sp³-hybridized carbons (Fsp3) is 0.111. The molecule has 1 aromatic carbocycles. The minimum atomic E-state index is -4.91. The van der Waals surface area contributed by atoms with Crippen LogP contribution in [0.25, 0.3) is 11.0 Å². The zero-order valence-electron chi connectivity index (χ0n) is 8.29. The lowest BCUT2D eigenvalue weighted by Crippen LogP contribution is -2.19. The molecule has 1 N–H and O–H groups in total. The lowest BCUT2D eigenvalue weighted by molar-refractivity contribution is -0.146. The Kier molecular flexibility index (Phi) is 2.90. The molecule has 0 bridgehead atoms. The van der Waals surface area contributed by atoms with Crippen LogP contribution in [0.5, 0.6) is 0 Å². The predicted molar refractivity (Wildman–Crippen MR) is 58.2 cm³/mol. The average molecular weight is 299 g/mol. The molecule has 0 aliphatic heterocycles. The van der Waals surface area contributed by atoms with Crippen LogP contribution in [0.15, 0.2) is 12.1 Å². The Balaban J connectivity index is 2.92. The normalized spacial score (nSPS) is 12.1. The topological polar surface area (TPSA) is 55.1 Å². The van der Waals surface area contributed by atoms with E-state index in [1.54, 1.807) is 0 Å². The third-order valence-corrected chi connectivity index (χ3v) is 2.96. The first-order chi connectivity index (χ1) is 8.23. The molecule has 0 radical (unpaired) electrons. The summed E-state index contributed by atoms with van der Waals surface area (Å²) in [4.78, 5) is 14.1. The van der Waals surface area contributed by atoms with Gasteiger partial charge in [0.15, 0.2) is 0 Å². The average Bonchev–Trinajstić information content (AvgIpc) is 2.63. The lowest BCUT2D eigenvalue weighted by Gasteiger charge is -2.06. The van der Waals surface area contributed by atoms with Crippen molar-refractivity contribution in [2.75, 3.05) is 0 Å². The number of hydrogen-bond donors (Lipinski definition) is 1. The molecule has 2 rings (SSSR count). The maximum atomic E-state index is 12.7. The number of imidazole rings is 1. The minimum Gasteiger partial charge on any atom is -0.464 e. The van der Waals surface area contributed by atoms with Gasteiger partial charge in [0.2, 0.25) is 5.82 Å². The van der Waals surface area contributed by atoms with Crippen LogP contribution in [-0.4, -0.2) is 20.8 Å². The van der Waals surface area contributed by atoms with Gasteiger partial charge in [-0.1, -0.05) is 23.2 Å². The van der Waals surface area contributed by atoms with Crippen molar-refractivity contribution in [3.05, 3.63) is 28.0 Å². The van der Waals surface area contributed by atoms with E-state index in [1.165, 1.54) is 6.07 Å². The third-order valence-electron chi connectivity index (χ3n) is 2.16. The standard InChI is InChI=1S/C9H3Cl2F3N2O2/c10-3-1-2-4-6(5(3)11)15-7(9(12,13)14)16(4)8(17)18/h1-2H,(H,17,18). The number of aromatic nitrogens is 2. The van der Waals surface area contributed by atoms with E-state index in [0.717, 1.165) is 6.07 Å². The van der Waals surface area contributed by atoms with Gasteiger partial charge < -0.3 is 5.11 Å². The second-order valence-electron chi connectivity index (χ2n) is 3.28. The maximum absolute atomic E-state index is 12.7. The van der Waals surface area contributed by atoms with Crippen LogP contribution >= 0.6 is 23.2 Å². The Bertz CT molecular complexity index is 651. The van der Waals surface area contributed by atoms with Crippen LogP contribution in [-0.2, 0) is 6.18 Å². The Hall–Kier alpha value is -1.47.